The normalized spacial score (nSPS) is 12.3. The molecule has 0 radical (unpaired) electrons. The molecule has 1 heterocycles. The molecule has 1 atom stereocenters. The lowest BCUT2D eigenvalue weighted by molar-refractivity contribution is 0.0321. The highest BCUT2D eigenvalue weighted by atomic mass is 16.5. The van der Waals surface area contributed by atoms with E-state index in [0.717, 1.165) is 29.9 Å². The van der Waals surface area contributed by atoms with Gasteiger partial charge in [0.2, 0.25) is 0 Å². The topological polar surface area (TPSA) is 27.1 Å². The second-order valence-electron chi connectivity index (χ2n) is 6.74. The first-order valence-electron chi connectivity index (χ1n) is 9.53. The summed E-state index contributed by atoms with van der Waals surface area (Å²) in [6, 6.07) is 16.9. The first-order chi connectivity index (χ1) is 12.7. The van der Waals surface area contributed by atoms with Crippen molar-refractivity contribution in [3.8, 4) is 17.1 Å². The van der Waals surface area contributed by atoms with E-state index in [9.17, 15) is 0 Å². The summed E-state index contributed by atoms with van der Waals surface area (Å²) in [6.07, 6.45) is 7.60. The highest BCUT2D eigenvalue weighted by Crippen LogP contribution is 2.24. The predicted octanol–water partition coefficient (Wildman–Crippen LogP) is 5.94. The molecule has 0 amide bonds. The summed E-state index contributed by atoms with van der Waals surface area (Å²) in [5, 5.41) is 0. The maximum absolute atomic E-state index is 6.08. The van der Waals surface area contributed by atoms with Crippen molar-refractivity contribution in [3.05, 3.63) is 72.1 Å². The number of hydrogen-bond donors (Lipinski definition) is 0. The summed E-state index contributed by atoms with van der Waals surface area (Å²) in [5.41, 5.74) is 4.73. The maximum Gasteiger partial charge on any atom is 0.144 e. The standard InChI is InChI=1S/C23H28N2O/c1-4-9-21(5-2)26-17-19-12-13-22(18(3)16-19)25-15-14-24-23(25)20-10-7-6-8-11-20/h6-8,10-16,21H,4-5,9,17H2,1-3H3. The van der Waals surface area contributed by atoms with Crippen LogP contribution in [0, 0.1) is 6.92 Å². The monoisotopic (exact) mass is 348 g/mol. The molecule has 0 aliphatic rings. The number of aryl methyl sites for hydroxylation is 1. The lowest BCUT2D eigenvalue weighted by Crippen LogP contribution is -2.11. The van der Waals surface area contributed by atoms with Crippen LogP contribution in [0.1, 0.15) is 44.2 Å². The summed E-state index contributed by atoms with van der Waals surface area (Å²) in [6.45, 7) is 7.23. The van der Waals surface area contributed by atoms with Gasteiger partial charge in [0, 0.05) is 23.6 Å². The first kappa shape index (κ1) is 18.4. The van der Waals surface area contributed by atoms with Crippen LogP contribution in [0.4, 0.5) is 0 Å². The van der Waals surface area contributed by atoms with E-state index in [0.29, 0.717) is 12.7 Å². The van der Waals surface area contributed by atoms with E-state index in [-0.39, 0.29) is 0 Å². The minimum atomic E-state index is 0.360. The van der Waals surface area contributed by atoms with E-state index in [1.807, 2.05) is 30.6 Å². The van der Waals surface area contributed by atoms with Crippen molar-refractivity contribution in [2.75, 3.05) is 0 Å². The molecule has 0 saturated heterocycles. The highest BCUT2D eigenvalue weighted by Gasteiger charge is 2.11. The van der Waals surface area contributed by atoms with Crippen LogP contribution in [-0.2, 0) is 11.3 Å². The fraction of sp³-hybridized carbons (Fsp3) is 0.348. The van der Waals surface area contributed by atoms with E-state index >= 15 is 0 Å². The van der Waals surface area contributed by atoms with Crippen LogP contribution < -0.4 is 0 Å². The van der Waals surface area contributed by atoms with Gasteiger partial charge >= 0.3 is 0 Å². The van der Waals surface area contributed by atoms with Gasteiger partial charge < -0.3 is 4.74 Å². The number of rotatable bonds is 8. The minimum Gasteiger partial charge on any atom is -0.374 e. The SMILES string of the molecule is CCCC(CC)OCc1ccc(-n2ccnc2-c2ccccc2)c(C)c1. The number of hydrogen-bond acceptors (Lipinski definition) is 2. The summed E-state index contributed by atoms with van der Waals surface area (Å²) in [5.74, 6) is 0.965. The second kappa shape index (κ2) is 8.81. The molecule has 0 bridgehead atoms. The average molecular weight is 348 g/mol. The van der Waals surface area contributed by atoms with E-state index in [1.54, 1.807) is 0 Å². The van der Waals surface area contributed by atoms with Crippen molar-refractivity contribution in [2.24, 2.45) is 0 Å². The van der Waals surface area contributed by atoms with E-state index < -0.39 is 0 Å². The molecule has 0 aliphatic heterocycles. The van der Waals surface area contributed by atoms with Gasteiger partial charge in [0.1, 0.15) is 5.82 Å². The van der Waals surface area contributed by atoms with Gasteiger partial charge in [0.15, 0.2) is 0 Å². The van der Waals surface area contributed by atoms with Crippen LogP contribution in [0.25, 0.3) is 17.1 Å². The molecule has 3 heteroatoms. The molecule has 1 aromatic heterocycles. The predicted molar refractivity (Wildman–Crippen MR) is 108 cm³/mol. The molecule has 3 nitrogen and oxygen atoms in total. The van der Waals surface area contributed by atoms with Gasteiger partial charge in [-0.1, -0.05) is 62.7 Å². The van der Waals surface area contributed by atoms with Crippen molar-refractivity contribution in [1.82, 2.24) is 9.55 Å². The van der Waals surface area contributed by atoms with Gasteiger partial charge in [0.25, 0.3) is 0 Å². The zero-order valence-corrected chi connectivity index (χ0v) is 16.0. The molecule has 0 aliphatic carbocycles. The van der Waals surface area contributed by atoms with Crippen LogP contribution in [-0.4, -0.2) is 15.7 Å². The molecule has 136 valence electrons. The Balaban J connectivity index is 1.80. The zero-order valence-electron chi connectivity index (χ0n) is 16.0. The van der Waals surface area contributed by atoms with E-state index in [2.05, 4.69) is 60.7 Å². The molecule has 0 fully saturated rings. The summed E-state index contributed by atoms with van der Waals surface area (Å²) in [7, 11) is 0. The fourth-order valence-corrected chi connectivity index (χ4v) is 3.32. The van der Waals surface area contributed by atoms with Crippen LogP contribution in [0.15, 0.2) is 60.9 Å². The molecule has 3 aromatic rings. The number of aromatic nitrogens is 2. The lowest BCUT2D eigenvalue weighted by atomic mass is 10.1. The number of imidazole rings is 1. The quantitative estimate of drug-likeness (QED) is 0.503. The van der Waals surface area contributed by atoms with Crippen molar-refractivity contribution in [3.63, 3.8) is 0 Å². The van der Waals surface area contributed by atoms with Crippen LogP contribution in [0.2, 0.25) is 0 Å². The number of ether oxygens (including phenoxy) is 1. The Morgan fingerprint density at radius 2 is 1.88 bits per heavy atom. The Morgan fingerprint density at radius 1 is 1.08 bits per heavy atom. The Kier molecular flexibility index (Phi) is 6.24. The Labute approximate surface area is 156 Å². The van der Waals surface area contributed by atoms with Crippen molar-refractivity contribution >= 4 is 0 Å². The van der Waals surface area contributed by atoms with Gasteiger partial charge in [-0.15, -0.1) is 0 Å². The third-order valence-corrected chi connectivity index (χ3v) is 4.75. The van der Waals surface area contributed by atoms with E-state index in [1.165, 1.54) is 17.5 Å². The Morgan fingerprint density at radius 3 is 2.58 bits per heavy atom. The molecule has 2 aromatic carbocycles. The smallest absolute Gasteiger partial charge is 0.144 e. The van der Waals surface area contributed by atoms with Gasteiger partial charge in [-0.05, 0) is 37.0 Å². The third kappa shape index (κ3) is 4.23. The van der Waals surface area contributed by atoms with Gasteiger partial charge in [-0.25, -0.2) is 4.98 Å². The molecule has 26 heavy (non-hydrogen) atoms. The summed E-state index contributed by atoms with van der Waals surface area (Å²) >= 11 is 0. The fourth-order valence-electron chi connectivity index (χ4n) is 3.32. The van der Waals surface area contributed by atoms with Crippen molar-refractivity contribution < 1.29 is 4.74 Å². The second-order valence-corrected chi connectivity index (χ2v) is 6.74. The van der Waals surface area contributed by atoms with Gasteiger partial charge in [-0.2, -0.15) is 0 Å². The molecular weight excluding hydrogens is 320 g/mol. The number of nitrogens with zero attached hydrogens (tertiary/aromatic N) is 2. The first-order valence-corrected chi connectivity index (χ1v) is 9.53. The Hall–Kier alpha value is -2.39. The van der Waals surface area contributed by atoms with Crippen LogP contribution in [0.5, 0.6) is 0 Å². The van der Waals surface area contributed by atoms with Crippen molar-refractivity contribution in [2.45, 2.75) is 52.7 Å². The van der Waals surface area contributed by atoms with Crippen molar-refractivity contribution in [1.29, 1.82) is 0 Å². The van der Waals surface area contributed by atoms with Crippen LogP contribution in [0.3, 0.4) is 0 Å². The molecule has 1 unspecified atom stereocenters. The number of benzene rings is 2. The van der Waals surface area contributed by atoms with Crippen LogP contribution >= 0.6 is 0 Å². The zero-order chi connectivity index (χ0) is 18.4. The van der Waals surface area contributed by atoms with Gasteiger partial charge in [-0.3, -0.25) is 4.57 Å². The third-order valence-electron chi connectivity index (χ3n) is 4.75. The summed E-state index contributed by atoms with van der Waals surface area (Å²) in [4.78, 5) is 4.56. The minimum absolute atomic E-state index is 0.360. The molecule has 0 spiro atoms. The average Bonchev–Trinajstić information content (AvgIpc) is 3.15. The molecule has 0 saturated carbocycles. The molecule has 3 rings (SSSR count). The molecule has 0 N–H and O–H groups in total. The highest BCUT2D eigenvalue weighted by molar-refractivity contribution is 5.59. The summed E-state index contributed by atoms with van der Waals surface area (Å²) < 4.78 is 8.23. The van der Waals surface area contributed by atoms with E-state index in [4.69, 9.17) is 4.74 Å². The van der Waals surface area contributed by atoms with Gasteiger partial charge in [0.05, 0.1) is 12.7 Å². The largest absolute Gasteiger partial charge is 0.374 e. The molecular formula is C23H28N2O. The maximum atomic E-state index is 6.08. The lowest BCUT2D eigenvalue weighted by Gasteiger charge is -2.16. The Bertz CT molecular complexity index is 823.